The van der Waals surface area contributed by atoms with Gasteiger partial charge in [0.05, 0.1) is 29.0 Å². The zero-order valence-corrected chi connectivity index (χ0v) is 11.3. The number of pyridine rings is 1. The fraction of sp³-hybridized carbons (Fsp3) is 0.0833. The van der Waals surface area contributed by atoms with Crippen LogP contribution in [0.3, 0.4) is 0 Å². The van der Waals surface area contributed by atoms with E-state index in [2.05, 4.69) is 26.2 Å². The SMILES string of the molecule is O=[N+]([O-])c1ccc(Br)c(NCc2ccc(O)cn2)c1. The van der Waals surface area contributed by atoms with Crippen molar-refractivity contribution in [1.29, 1.82) is 0 Å². The number of aromatic nitrogens is 1. The van der Waals surface area contributed by atoms with Gasteiger partial charge in [-0.3, -0.25) is 15.1 Å². The Kier molecular flexibility index (Phi) is 3.96. The number of nitro groups is 1. The summed E-state index contributed by atoms with van der Waals surface area (Å²) < 4.78 is 0.733. The number of non-ortho nitro benzene ring substituents is 1. The highest BCUT2D eigenvalue weighted by Crippen LogP contribution is 2.27. The molecule has 0 radical (unpaired) electrons. The molecule has 1 aromatic carbocycles. The maximum Gasteiger partial charge on any atom is 0.271 e. The van der Waals surface area contributed by atoms with Crippen LogP contribution in [-0.2, 0) is 6.54 Å². The van der Waals surface area contributed by atoms with E-state index < -0.39 is 4.92 Å². The molecule has 0 atom stereocenters. The monoisotopic (exact) mass is 323 g/mol. The third kappa shape index (κ3) is 3.41. The summed E-state index contributed by atoms with van der Waals surface area (Å²) >= 11 is 3.32. The molecule has 0 amide bonds. The van der Waals surface area contributed by atoms with E-state index in [1.54, 1.807) is 12.1 Å². The van der Waals surface area contributed by atoms with Gasteiger partial charge in [0.2, 0.25) is 0 Å². The molecule has 0 saturated carbocycles. The van der Waals surface area contributed by atoms with Gasteiger partial charge >= 0.3 is 0 Å². The molecular weight excluding hydrogens is 314 g/mol. The maximum atomic E-state index is 10.7. The Bertz CT molecular complexity index is 602. The topological polar surface area (TPSA) is 88.3 Å². The van der Waals surface area contributed by atoms with E-state index in [-0.39, 0.29) is 11.4 Å². The first-order valence-electron chi connectivity index (χ1n) is 5.38. The first-order chi connectivity index (χ1) is 9.06. The minimum atomic E-state index is -0.448. The highest BCUT2D eigenvalue weighted by molar-refractivity contribution is 9.10. The number of hydrogen-bond donors (Lipinski definition) is 2. The summed E-state index contributed by atoms with van der Waals surface area (Å²) in [6, 6.07) is 7.70. The molecule has 98 valence electrons. The minimum Gasteiger partial charge on any atom is -0.506 e. The van der Waals surface area contributed by atoms with Crippen molar-refractivity contribution in [3.63, 3.8) is 0 Å². The number of nitrogens with zero attached hydrogens (tertiary/aromatic N) is 2. The number of rotatable bonds is 4. The van der Waals surface area contributed by atoms with Gasteiger partial charge in [0.1, 0.15) is 5.75 Å². The number of hydrogen-bond acceptors (Lipinski definition) is 5. The summed E-state index contributed by atoms with van der Waals surface area (Å²) in [5.41, 5.74) is 1.35. The fourth-order valence-electron chi connectivity index (χ4n) is 1.47. The molecule has 1 aromatic heterocycles. The van der Waals surface area contributed by atoms with Gasteiger partial charge in [0.25, 0.3) is 5.69 Å². The molecule has 0 aliphatic rings. The van der Waals surface area contributed by atoms with Crippen molar-refractivity contribution in [3.05, 3.63) is 56.8 Å². The molecule has 2 rings (SSSR count). The maximum absolute atomic E-state index is 10.7. The molecule has 0 bridgehead atoms. The van der Waals surface area contributed by atoms with Gasteiger partial charge in [0, 0.05) is 16.6 Å². The Labute approximate surface area is 117 Å². The van der Waals surface area contributed by atoms with E-state index in [0.29, 0.717) is 12.2 Å². The molecular formula is C12H10BrN3O3. The van der Waals surface area contributed by atoms with Crippen LogP contribution in [0, 0.1) is 10.1 Å². The van der Waals surface area contributed by atoms with Crippen molar-refractivity contribution in [2.75, 3.05) is 5.32 Å². The molecule has 2 N–H and O–H groups in total. The Morgan fingerprint density at radius 2 is 2.16 bits per heavy atom. The van der Waals surface area contributed by atoms with Gasteiger partial charge in [-0.15, -0.1) is 0 Å². The molecule has 0 saturated heterocycles. The molecule has 0 unspecified atom stereocenters. The van der Waals surface area contributed by atoms with E-state index >= 15 is 0 Å². The van der Waals surface area contributed by atoms with E-state index in [4.69, 9.17) is 5.11 Å². The molecule has 0 aliphatic heterocycles. The lowest BCUT2D eigenvalue weighted by Crippen LogP contribution is -2.02. The first-order valence-corrected chi connectivity index (χ1v) is 6.17. The number of nitro benzene ring substituents is 1. The predicted molar refractivity (Wildman–Crippen MR) is 74.0 cm³/mol. The molecule has 2 aromatic rings. The van der Waals surface area contributed by atoms with Crippen molar-refractivity contribution in [3.8, 4) is 5.75 Å². The summed E-state index contributed by atoms with van der Waals surface area (Å²) in [6.45, 7) is 0.403. The molecule has 0 spiro atoms. The molecule has 7 heteroatoms. The van der Waals surface area contributed by atoms with Gasteiger partial charge < -0.3 is 10.4 Å². The number of halogens is 1. The third-order valence-corrected chi connectivity index (χ3v) is 3.12. The van der Waals surface area contributed by atoms with Crippen LogP contribution in [0.2, 0.25) is 0 Å². The summed E-state index contributed by atoms with van der Waals surface area (Å²) in [4.78, 5) is 14.3. The first kappa shape index (κ1) is 13.3. The molecule has 0 fully saturated rings. The highest BCUT2D eigenvalue weighted by Gasteiger charge is 2.09. The molecule has 19 heavy (non-hydrogen) atoms. The van der Waals surface area contributed by atoms with Gasteiger partial charge in [-0.1, -0.05) is 0 Å². The van der Waals surface area contributed by atoms with Crippen LogP contribution in [0.4, 0.5) is 11.4 Å². The highest BCUT2D eigenvalue weighted by atomic mass is 79.9. The van der Waals surface area contributed by atoms with Crippen molar-refractivity contribution in [2.24, 2.45) is 0 Å². The zero-order valence-electron chi connectivity index (χ0n) is 9.71. The second-order valence-corrected chi connectivity index (χ2v) is 4.64. The Hall–Kier alpha value is -2.15. The normalized spacial score (nSPS) is 10.2. The second-order valence-electron chi connectivity index (χ2n) is 3.78. The van der Waals surface area contributed by atoms with Gasteiger partial charge in [-0.05, 0) is 34.1 Å². The van der Waals surface area contributed by atoms with E-state index in [1.165, 1.54) is 24.4 Å². The summed E-state index contributed by atoms with van der Waals surface area (Å²) in [6.07, 6.45) is 1.35. The molecule has 6 nitrogen and oxygen atoms in total. The van der Waals surface area contributed by atoms with Crippen molar-refractivity contribution in [2.45, 2.75) is 6.54 Å². The van der Waals surface area contributed by atoms with E-state index in [9.17, 15) is 10.1 Å². The summed E-state index contributed by atoms with van der Waals surface area (Å²) in [5, 5.41) is 22.9. The number of anilines is 1. The lowest BCUT2D eigenvalue weighted by atomic mass is 10.2. The van der Waals surface area contributed by atoms with E-state index in [0.717, 1.165) is 10.2 Å². The number of aromatic hydroxyl groups is 1. The lowest BCUT2D eigenvalue weighted by molar-refractivity contribution is -0.384. The van der Waals surface area contributed by atoms with Gasteiger partial charge in [0.15, 0.2) is 0 Å². The average Bonchev–Trinajstić information content (AvgIpc) is 2.39. The lowest BCUT2D eigenvalue weighted by Gasteiger charge is -2.08. The summed E-state index contributed by atoms with van der Waals surface area (Å²) in [7, 11) is 0. The fourth-order valence-corrected chi connectivity index (χ4v) is 1.86. The minimum absolute atomic E-state index is 0.0179. The largest absolute Gasteiger partial charge is 0.506 e. The number of nitrogens with one attached hydrogen (secondary N) is 1. The quantitative estimate of drug-likeness (QED) is 0.666. The van der Waals surface area contributed by atoms with Crippen LogP contribution in [0.25, 0.3) is 0 Å². The molecule has 1 heterocycles. The van der Waals surface area contributed by atoms with E-state index in [1.807, 2.05) is 0 Å². The van der Waals surface area contributed by atoms with Crippen LogP contribution in [0.15, 0.2) is 41.0 Å². The second kappa shape index (κ2) is 5.66. The smallest absolute Gasteiger partial charge is 0.271 e. The van der Waals surface area contributed by atoms with Crippen molar-refractivity contribution < 1.29 is 10.0 Å². The third-order valence-electron chi connectivity index (χ3n) is 2.43. The van der Waals surface area contributed by atoms with Crippen LogP contribution in [-0.4, -0.2) is 15.0 Å². The number of benzene rings is 1. The zero-order chi connectivity index (χ0) is 13.8. The molecule has 0 aliphatic carbocycles. The Morgan fingerprint density at radius 1 is 1.37 bits per heavy atom. The predicted octanol–water partition coefficient (Wildman–Crippen LogP) is 3.07. The van der Waals surface area contributed by atoms with Gasteiger partial charge in [-0.25, -0.2) is 0 Å². The summed E-state index contributed by atoms with van der Waals surface area (Å²) in [5.74, 6) is 0.0975. The van der Waals surface area contributed by atoms with Gasteiger partial charge in [-0.2, -0.15) is 0 Å². The van der Waals surface area contributed by atoms with Crippen LogP contribution >= 0.6 is 15.9 Å². The van der Waals surface area contributed by atoms with Crippen LogP contribution < -0.4 is 5.32 Å². The van der Waals surface area contributed by atoms with Crippen LogP contribution in [0.1, 0.15) is 5.69 Å². The standard InChI is InChI=1S/C12H10BrN3O3/c13-11-4-2-9(16(18)19)5-12(11)15-6-8-1-3-10(17)7-14-8/h1-5,7,15,17H,6H2. The van der Waals surface area contributed by atoms with Crippen LogP contribution in [0.5, 0.6) is 5.75 Å². The Balaban J connectivity index is 2.12. The Morgan fingerprint density at radius 3 is 2.79 bits per heavy atom. The van der Waals surface area contributed by atoms with Crippen molar-refractivity contribution in [1.82, 2.24) is 4.98 Å². The van der Waals surface area contributed by atoms with Crippen molar-refractivity contribution >= 4 is 27.3 Å². The average molecular weight is 324 g/mol.